The maximum Gasteiger partial charge on any atom is 0.123 e. The van der Waals surface area contributed by atoms with Crippen molar-refractivity contribution in [2.45, 2.75) is 44.9 Å². The molecule has 2 N–H and O–H groups in total. The van der Waals surface area contributed by atoms with Crippen LogP contribution in [0.2, 0.25) is 0 Å². The van der Waals surface area contributed by atoms with Gasteiger partial charge in [-0.25, -0.2) is 4.39 Å². The van der Waals surface area contributed by atoms with Gasteiger partial charge < -0.3 is 15.2 Å². The zero-order chi connectivity index (χ0) is 13.1. The van der Waals surface area contributed by atoms with Crippen LogP contribution in [0.25, 0.3) is 0 Å². The van der Waals surface area contributed by atoms with Crippen LogP contribution in [0.15, 0.2) is 18.2 Å². The van der Waals surface area contributed by atoms with Gasteiger partial charge in [0.2, 0.25) is 0 Å². The van der Waals surface area contributed by atoms with Crippen LogP contribution in [-0.2, 0) is 6.42 Å². The van der Waals surface area contributed by atoms with E-state index in [1.165, 1.54) is 12.1 Å². The molecule has 2 rings (SSSR count). The number of aliphatic hydroxyl groups excluding tert-OH is 1. The highest BCUT2D eigenvalue weighted by Gasteiger charge is 2.23. The highest BCUT2D eigenvalue weighted by Crippen LogP contribution is 2.28. The average molecular weight is 253 g/mol. The molecule has 0 amide bonds. The first-order valence-electron chi connectivity index (χ1n) is 6.41. The monoisotopic (exact) mass is 253 g/mol. The Bertz CT molecular complexity index is 409. The van der Waals surface area contributed by atoms with Crippen LogP contribution in [0.3, 0.4) is 0 Å². The summed E-state index contributed by atoms with van der Waals surface area (Å²) in [6.45, 7) is 4.53. The molecule has 1 aliphatic rings. The van der Waals surface area contributed by atoms with E-state index in [0.717, 1.165) is 17.7 Å². The van der Waals surface area contributed by atoms with Crippen molar-refractivity contribution in [3.8, 4) is 5.75 Å². The average Bonchev–Trinajstić information content (AvgIpc) is 2.67. The lowest BCUT2D eigenvalue weighted by atomic mass is 10.1. The molecule has 0 bridgehead atoms. The fourth-order valence-corrected chi connectivity index (χ4v) is 2.33. The lowest BCUT2D eigenvalue weighted by molar-refractivity contribution is 0.163. The molecule has 3 unspecified atom stereocenters. The summed E-state index contributed by atoms with van der Waals surface area (Å²) in [5.74, 6) is 0.569. The third kappa shape index (κ3) is 3.43. The SMILES string of the molecule is CC(O)CC(C)NCC1Cc2cc(F)ccc2O1. The number of hydrogen-bond acceptors (Lipinski definition) is 3. The van der Waals surface area contributed by atoms with Crippen molar-refractivity contribution < 1.29 is 14.2 Å². The van der Waals surface area contributed by atoms with Crippen molar-refractivity contribution in [3.63, 3.8) is 0 Å². The molecule has 1 heterocycles. The number of aliphatic hydroxyl groups is 1. The lowest BCUT2D eigenvalue weighted by Crippen LogP contribution is -2.37. The zero-order valence-corrected chi connectivity index (χ0v) is 10.8. The number of halogens is 1. The molecule has 0 spiro atoms. The summed E-state index contributed by atoms with van der Waals surface area (Å²) >= 11 is 0. The first kappa shape index (κ1) is 13.3. The standard InChI is InChI=1S/C14H20FNO2/c1-9(5-10(2)17)16-8-13-7-11-6-12(15)3-4-14(11)18-13/h3-4,6,9-10,13,16-17H,5,7-8H2,1-2H3. The minimum absolute atomic E-state index is 0.0539. The van der Waals surface area contributed by atoms with E-state index < -0.39 is 0 Å². The molecule has 0 saturated heterocycles. The molecule has 1 aliphatic heterocycles. The minimum Gasteiger partial charge on any atom is -0.488 e. The minimum atomic E-state index is -0.303. The van der Waals surface area contributed by atoms with Gasteiger partial charge >= 0.3 is 0 Å². The van der Waals surface area contributed by atoms with E-state index in [0.29, 0.717) is 13.0 Å². The van der Waals surface area contributed by atoms with Crippen molar-refractivity contribution in [1.29, 1.82) is 0 Å². The number of rotatable bonds is 5. The van der Waals surface area contributed by atoms with Crippen molar-refractivity contribution in [2.75, 3.05) is 6.54 Å². The van der Waals surface area contributed by atoms with Gasteiger partial charge in [-0.3, -0.25) is 0 Å². The zero-order valence-electron chi connectivity index (χ0n) is 10.8. The summed E-state index contributed by atoms with van der Waals surface area (Å²) in [5, 5.41) is 12.6. The second kappa shape index (κ2) is 5.67. The molecular weight excluding hydrogens is 233 g/mol. The predicted octanol–water partition coefficient (Wildman–Crippen LogP) is 1.88. The Balaban J connectivity index is 1.81. The van der Waals surface area contributed by atoms with Gasteiger partial charge in [-0.05, 0) is 38.5 Å². The van der Waals surface area contributed by atoms with Crippen molar-refractivity contribution in [2.24, 2.45) is 0 Å². The van der Waals surface area contributed by atoms with E-state index >= 15 is 0 Å². The van der Waals surface area contributed by atoms with E-state index in [9.17, 15) is 9.50 Å². The van der Waals surface area contributed by atoms with Crippen LogP contribution in [0, 0.1) is 5.82 Å². The summed E-state index contributed by atoms with van der Waals surface area (Å²) in [6, 6.07) is 4.89. The fourth-order valence-electron chi connectivity index (χ4n) is 2.33. The Labute approximate surface area is 107 Å². The van der Waals surface area contributed by atoms with E-state index in [1.807, 2.05) is 6.92 Å². The largest absolute Gasteiger partial charge is 0.488 e. The molecular formula is C14H20FNO2. The Hall–Kier alpha value is -1.13. The second-order valence-electron chi connectivity index (χ2n) is 5.09. The number of benzene rings is 1. The number of ether oxygens (including phenoxy) is 1. The third-order valence-corrected chi connectivity index (χ3v) is 3.15. The third-order valence-electron chi connectivity index (χ3n) is 3.15. The van der Waals surface area contributed by atoms with Gasteiger partial charge in [-0.2, -0.15) is 0 Å². The number of fused-ring (bicyclic) bond motifs is 1. The molecule has 1 aromatic carbocycles. The highest BCUT2D eigenvalue weighted by molar-refractivity contribution is 5.37. The first-order valence-corrected chi connectivity index (χ1v) is 6.41. The summed E-state index contributed by atoms with van der Waals surface area (Å²) in [7, 11) is 0. The van der Waals surface area contributed by atoms with Crippen molar-refractivity contribution in [3.05, 3.63) is 29.6 Å². The molecule has 0 aromatic heterocycles. The molecule has 4 heteroatoms. The van der Waals surface area contributed by atoms with Crippen LogP contribution in [0.1, 0.15) is 25.8 Å². The van der Waals surface area contributed by atoms with Gasteiger partial charge in [-0.1, -0.05) is 0 Å². The topological polar surface area (TPSA) is 41.5 Å². The lowest BCUT2D eigenvalue weighted by Gasteiger charge is -2.18. The maximum atomic E-state index is 13.0. The van der Waals surface area contributed by atoms with Gasteiger partial charge in [0.25, 0.3) is 0 Å². The molecule has 0 radical (unpaired) electrons. The Morgan fingerprint density at radius 3 is 3.00 bits per heavy atom. The Kier molecular flexibility index (Phi) is 4.19. The normalized spacial score (nSPS) is 21.2. The number of nitrogens with one attached hydrogen (secondary N) is 1. The summed E-state index contributed by atoms with van der Waals surface area (Å²) in [6.07, 6.45) is 1.21. The van der Waals surface area contributed by atoms with E-state index in [4.69, 9.17) is 4.74 Å². The highest BCUT2D eigenvalue weighted by atomic mass is 19.1. The number of hydrogen-bond donors (Lipinski definition) is 2. The van der Waals surface area contributed by atoms with Gasteiger partial charge in [-0.15, -0.1) is 0 Å². The molecule has 1 aromatic rings. The van der Waals surface area contributed by atoms with Crippen LogP contribution in [0.5, 0.6) is 5.75 Å². The Morgan fingerprint density at radius 1 is 1.50 bits per heavy atom. The molecule has 0 fully saturated rings. The van der Waals surface area contributed by atoms with Gasteiger partial charge in [0.05, 0.1) is 6.10 Å². The first-order chi connectivity index (χ1) is 8.54. The molecule has 18 heavy (non-hydrogen) atoms. The molecule has 3 atom stereocenters. The van der Waals surface area contributed by atoms with E-state index in [2.05, 4.69) is 5.32 Å². The van der Waals surface area contributed by atoms with Crippen molar-refractivity contribution in [1.82, 2.24) is 5.32 Å². The van der Waals surface area contributed by atoms with Crippen LogP contribution in [-0.4, -0.2) is 29.9 Å². The van der Waals surface area contributed by atoms with Crippen LogP contribution < -0.4 is 10.1 Å². The van der Waals surface area contributed by atoms with E-state index in [1.54, 1.807) is 13.0 Å². The van der Waals surface area contributed by atoms with Crippen LogP contribution in [0.4, 0.5) is 4.39 Å². The molecule has 0 aliphatic carbocycles. The second-order valence-corrected chi connectivity index (χ2v) is 5.09. The van der Waals surface area contributed by atoms with Gasteiger partial charge in [0.1, 0.15) is 17.7 Å². The van der Waals surface area contributed by atoms with Gasteiger partial charge in [0, 0.05) is 24.6 Å². The van der Waals surface area contributed by atoms with Crippen molar-refractivity contribution >= 4 is 0 Å². The summed E-state index contributed by atoms with van der Waals surface area (Å²) in [5.41, 5.74) is 0.935. The van der Waals surface area contributed by atoms with E-state index in [-0.39, 0.29) is 24.1 Å². The molecule has 3 nitrogen and oxygen atoms in total. The Morgan fingerprint density at radius 2 is 2.28 bits per heavy atom. The quantitative estimate of drug-likeness (QED) is 0.842. The summed E-state index contributed by atoms with van der Waals surface area (Å²) in [4.78, 5) is 0. The predicted molar refractivity (Wildman–Crippen MR) is 68.3 cm³/mol. The summed E-state index contributed by atoms with van der Waals surface area (Å²) < 4.78 is 18.8. The fraction of sp³-hybridized carbons (Fsp3) is 0.571. The van der Waals surface area contributed by atoms with Gasteiger partial charge in [0.15, 0.2) is 0 Å². The van der Waals surface area contributed by atoms with Crippen LogP contribution >= 0.6 is 0 Å². The smallest absolute Gasteiger partial charge is 0.123 e. The maximum absolute atomic E-state index is 13.0. The molecule has 100 valence electrons. The molecule has 0 saturated carbocycles.